The maximum atomic E-state index is 10.9. The van der Waals surface area contributed by atoms with Gasteiger partial charge in [0.15, 0.2) is 0 Å². The maximum absolute atomic E-state index is 10.9. The van der Waals surface area contributed by atoms with Crippen LogP contribution in [0.25, 0.3) is 0 Å². The first-order valence-electron chi connectivity index (χ1n) is 4.89. The predicted molar refractivity (Wildman–Crippen MR) is 61.2 cm³/mol. The lowest BCUT2D eigenvalue weighted by molar-refractivity contribution is -0.141. The van der Waals surface area contributed by atoms with E-state index in [-0.39, 0.29) is 0 Å². The fourth-order valence-electron chi connectivity index (χ4n) is 1.25. The van der Waals surface area contributed by atoms with Crippen molar-refractivity contribution < 1.29 is 9.90 Å². The summed E-state index contributed by atoms with van der Waals surface area (Å²) in [6.07, 6.45) is 0. The predicted octanol–water partition coefficient (Wildman–Crippen LogP) is 2.14. The second-order valence-corrected chi connectivity index (χ2v) is 4.22. The molecule has 1 aromatic rings. The Morgan fingerprint density at radius 1 is 1.50 bits per heavy atom. The van der Waals surface area contributed by atoms with Gasteiger partial charge in [0.05, 0.1) is 11.3 Å². The van der Waals surface area contributed by atoms with E-state index in [2.05, 4.69) is 5.32 Å². The normalized spacial score (nSPS) is 10.6. The molecule has 0 bridgehead atoms. The number of aryl methyl sites for hydroxylation is 1. The van der Waals surface area contributed by atoms with Crippen LogP contribution in [0, 0.1) is 18.3 Å². The highest BCUT2D eigenvalue weighted by molar-refractivity contribution is 5.82. The van der Waals surface area contributed by atoms with Crippen molar-refractivity contribution in [3.05, 3.63) is 29.3 Å². The van der Waals surface area contributed by atoms with Crippen LogP contribution in [0.15, 0.2) is 18.2 Å². The molecule has 0 atom stereocenters. The number of anilines is 1. The van der Waals surface area contributed by atoms with E-state index >= 15 is 0 Å². The zero-order valence-electron chi connectivity index (χ0n) is 9.53. The lowest BCUT2D eigenvalue weighted by Crippen LogP contribution is -2.40. The lowest BCUT2D eigenvalue weighted by Gasteiger charge is -2.23. The second kappa shape index (κ2) is 4.23. The van der Waals surface area contributed by atoms with Gasteiger partial charge in [-0.1, -0.05) is 6.07 Å². The monoisotopic (exact) mass is 218 g/mol. The topological polar surface area (TPSA) is 73.1 Å². The first-order chi connectivity index (χ1) is 7.36. The molecule has 0 unspecified atom stereocenters. The average Bonchev–Trinajstić information content (AvgIpc) is 2.20. The molecule has 1 aromatic carbocycles. The quantitative estimate of drug-likeness (QED) is 0.815. The van der Waals surface area contributed by atoms with Gasteiger partial charge in [0, 0.05) is 0 Å². The van der Waals surface area contributed by atoms with Crippen LogP contribution in [0.4, 0.5) is 5.69 Å². The molecule has 0 saturated carbocycles. The number of benzene rings is 1. The minimum atomic E-state index is -1.10. The van der Waals surface area contributed by atoms with E-state index < -0.39 is 11.5 Å². The Morgan fingerprint density at radius 3 is 2.62 bits per heavy atom. The van der Waals surface area contributed by atoms with Gasteiger partial charge in [-0.2, -0.15) is 5.26 Å². The summed E-state index contributed by atoms with van der Waals surface area (Å²) in [6.45, 7) is 4.99. The maximum Gasteiger partial charge on any atom is 0.328 e. The molecule has 0 amide bonds. The van der Waals surface area contributed by atoms with Crippen molar-refractivity contribution >= 4 is 11.7 Å². The summed E-state index contributed by atoms with van der Waals surface area (Å²) in [5.41, 5.74) is 0.867. The van der Waals surface area contributed by atoms with Gasteiger partial charge in [-0.25, -0.2) is 4.79 Å². The van der Waals surface area contributed by atoms with E-state index in [9.17, 15) is 4.79 Å². The molecule has 0 heterocycles. The zero-order valence-corrected chi connectivity index (χ0v) is 9.53. The Kier molecular flexibility index (Phi) is 3.19. The first kappa shape index (κ1) is 12.1. The number of hydrogen-bond acceptors (Lipinski definition) is 3. The molecule has 0 radical (unpaired) electrons. The van der Waals surface area contributed by atoms with Gasteiger partial charge in [-0.05, 0) is 38.5 Å². The molecule has 4 nitrogen and oxygen atoms in total. The van der Waals surface area contributed by atoms with Crippen LogP contribution in [0.5, 0.6) is 0 Å². The molecule has 0 spiro atoms. The summed E-state index contributed by atoms with van der Waals surface area (Å²) in [4.78, 5) is 10.9. The summed E-state index contributed by atoms with van der Waals surface area (Å²) in [6, 6.07) is 7.32. The summed E-state index contributed by atoms with van der Waals surface area (Å²) < 4.78 is 0. The van der Waals surface area contributed by atoms with Crippen LogP contribution >= 0.6 is 0 Å². The van der Waals surface area contributed by atoms with Gasteiger partial charge < -0.3 is 10.4 Å². The van der Waals surface area contributed by atoms with Crippen LogP contribution in [0.3, 0.4) is 0 Å². The van der Waals surface area contributed by atoms with Crippen LogP contribution < -0.4 is 5.32 Å². The number of carboxylic acids is 1. The molecule has 0 aliphatic heterocycles. The standard InChI is InChI=1S/C12H14N2O2/c1-8-4-5-10(9(6-8)7-13)14-12(2,3)11(15)16/h4-6,14H,1-3H3,(H,15,16). The van der Waals surface area contributed by atoms with E-state index in [4.69, 9.17) is 10.4 Å². The molecule has 1 rings (SSSR count). The Bertz CT molecular complexity index is 459. The third-order valence-corrected chi connectivity index (χ3v) is 2.28. The molecule has 0 saturated heterocycles. The molecule has 0 fully saturated rings. The average molecular weight is 218 g/mol. The number of aliphatic carboxylic acids is 1. The number of nitriles is 1. The van der Waals surface area contributed by atoms with Crippen molar-refractivity contribution in [2.24, 2.45) is 0 Å². The van der Waals surface area contributed by atoms with Gasteiger partial charge >= 0.3 is 5.97 Å². The van der Waals surface area contributed by atoms with Crippen molar-refractivity contribution in [2.75, 3.05) is 5.32 Å². The number of carbonyl (C=O) groups is 1. The number of nitrogens with one attached hydrogen (secondary N) is 1. The summed E-state index contributed by atoms with van der Waals surface area (Å²) in [5, 5.41) is 20.8. The van der Waals surface area contributed by atoms with Gasteiger partial charge in [-0.15, -0.1) is 0 Å². The van der Waals surface area contributed by atoms with Crippen LogP contribution in [-0.4, -0.2) is 16.6 Å². The molecule has 0 aliphatic carbocycles. The minimum Gasteiger partial charge on any atom is -0.480 e. The Balaban J connectivity index is 3.08. The first-order valence-corrected chi connectivity index (χ1v) is 4.89. The van der Waals surface area contributed by atoms with Gasteiger partial charge in [0.25, 0.3) is 0 Å². The number of rotatable bonds is 3. The number of carboxylic acid groups (broad SMARTS) is 1. The second-order valence-electron chi connectivity index (χ2n) is 4.22. The van der Waals surface area contributed by atoms with Gasteiger partial charge in [-0.3, -0.25) is 0 Å². The highest BCUT2D eigenvalue weighted by atomic mass is 16.4. The van der Waals surface area contributed by atoms with Gasteiger partial charge in [0.1, 0.15) is 11.6 Å². The Hall–Kier alpha value is -2.02. The fraction of sp³-hybridized carbons (Fsp3) is 0.333. The largest absolute Gasteiger partial charge is 0.480 e. The van der Waals surface area contributed by atoms with Crippen molar-refractivity contribution in [2.45, 2.75) is 26.3 Å². The molecule has 16 heavy (non-hydrogen) atoms. The summed E-state index contributed by atoms with van der Waals surface area (Å²) in [7, 11) is 0. The van der Waals surface area contributed by atoms with E-state index in [1.807, 2.05) is 19.1 Å². The van der Waals surface area contributed by atoms with Crippen LogP contribution in [-0.2, 0) is 4.79 Å². The number of nitrogens with zero attached hydrogens (tertiary/aromatic N) is 1. The fourth-order valence-corrected chi connectivity index (χ4v) is 1.25. The van der Waals surface area contributed by atoms with Crippen molar-refractivity contribution in [1.29, 1.82) is 5.26 Å². The van der Waals surface area contributed by atoms with E-state index in [0.29, 0.717) is 11.3 Å². The Labute approximate surface area is 94.5 Å². The SMILES string of the molecule is Cc1ccc(NC(C)(C)C(=O)O)c(C#N)c1. The van der Waals surface area contributed by atoms with Crippen molar-refractivity contribution in [1.82, 2.24) is 0 Å². The summed E-state index contributed by atoms with van der Waals surface area (Å²) >= 11 is 0. The zero-order chi connectivity index (χ0) is 12.3. The van der Waals surface area contributed by atoms with E-state index in [1.54, 1.807) is 26.0 Å². The van der Waals surface area contributed by atoms with E-state index in [1.165, 1.54) is 0 Å². The molecular weight excluding hydrogens is 204 g/mol. The van der Waals surface area contributed by atoms with Crippen molar-refractivity contribution in [3.8, 4) is 6.07 Å². The Morgan fingerprint density at radius 2 is 2.12 bits per heavy atom. The molecular formula is C12H14N2O2. The number of hydrogen-bond donors (Lipinski definition) is 2. The molecule has 84 valence electrons. The third kappa shape index (κ3) is 2.51. The van der Waals surface area contributed by atoms with Gasteiger partial charge in [0.2, 0.25) is 0 Å². The molecule has 4 heteroatoms. The van der Waals surface area contributed by atoms with E-state index in [0.717, 1.165) is 5.56 Å². The third-order valence-electron chi connectivity index (χ3n) is 2.28. The highest BCUT2D eigenvalue weighted by Gasteiger charge is 2.27. The summed E-state index contributed by atoms with van der Waals surface area (Å²) in [5.74, 6) is -0.961. The van der Waals surface area contributed by atoms with Crippen LogP contribution in [0.2, 0.25) is 0 Å². The molecule has 2 N–H and O–H groups in total. The molecule has 0 aromatic heterocycles. The minimum absolute atomic E-state index is 0.453. The molecule has 0 aliphatic rings. The smallest absolute Gasteiger partial charge is 0.328 e. The van der Waals surface area contributed by atoms with Crippen LogP contribution in [0.1, 0.15) is 25.0 Å². The van der Waals surface area contributed by atoms with Crippen molar-refractivity contribution in [3.63, 3.8) is 0 Å². The lowest BCUT2D eigenvalue weighted by atomic mass is 10.0. The highest BCUT2D eigenvalue weighted by Crippen LogP contribution is 2.20.